The first-order valence-corrected chi connectivity index (χ1v) is 8.17. The normalized spacial score (nSPS) is 26.1. The number of hydrogen-bond donors (Lipinski definition) is 0. The van der Waals surface area contributed by atoms with Gasteiger partial charge in [0.15, 0.2) is 0 Å². The van der Waals surface area contributed by atoms with Gasteiger partial charge in [-0.25, -0.2) is 13.6 Å². The summed E-state index contributed by atoms with van der Waals surface area (Å²) in [6.45, 7) is 12.0. The van der Waals surface area contributed by atoms with Gasteiger partial charge in [-0.3, -0.25) is 4.79 Å². The number of nitrogens with zero attached hydrogens (tertiary/aromatic N) is 2. The summed E-state index contributed by atoms with van der Waals surface area (Å²) in [7, 11) is 0. The Labute approximate surface area is 136 Å². The summed E-state index contributed by atoms with van der Waals surface area (Å²) >= 11 is 0. The molecular weight excluding hydrogens is 306 g/mol. The molecule has 0 N–H and O–H groups in total. The van der Waals surface area contributed by atoms with Crippen molar-refractivity contribution in [2.45, 2.75) is 65.5 Å². The van der Waals surface area contributed by atoms with Gasteiger partial charge in [-0.15, -0.1) is 0 Å². The molecule has 1 heterocycles. The Morgan fingerprint density at radius 2 is 1.70 bits per heavy atom. The van der Waals surface area contributed by atoms with Crippen molar-refractivity contribution in [3.8, 4) is 0 Å². The summed E-state index contributed by atoms with van der Waals surface area (Å²) in [4.78, 5) is 26.9. The van der Waals surface area contributed by atoms with Crippen molar-refractivity contribution >= 4 is 12.0 Å². The van der Waals surface area contributed by atoms with E-state index in [4.69, 9.17) is 4.74 Å². The fourth-order valence-electron chi connectivity index (χ4n) is 2.45. The number of piperazine rings is 1. The summed E-state index contributed by atoms with van der Waals surface area (Å²) in [6, 6.07) is -0.245. The molecular formula is C16H28F2N2O3. The lowest BCUT2D eigenvalue weighted by Crippen LogP contribution is -2.56. The Hall–Kier alpha value is -1.40. The fraction of sp³-hybridized carbons (Fsp3) is 0.875. The highest BCUT2D eigenvalue weighted by Gasteiger charge is 2.62. The van der Waals surface area contributed by atoms with Crippen LogP contribution in [0.4, 0.5) is 13.6 Å². The summed E-state index contributed by atoms with van der Waals surface area (Å²) in [5.41, 5.74) is -0.584. The Kier molecular flexibility index (Phi) is 5.99. The van der Waals surface area contributed by atoms with E-state index in [9.17, 15) is 18.4 Å². The molecule has 0 spiro atoms. The molecule has 0 radical (unpaired) electrons. The van der Waals surface area contributed by atoms with Gasteiger partial charge in [-0.05, 0) is 27.7 Å². The van der Waals surface area contributed by atoms with Gasteiger partial charge in [-0.2, -0.15) is 0 Å². The highest BCUT2D eigenvalue weighted by Crippen LogP contribution is 2.49. The van der Waals surface area contributed by atoms with Crippen LogP contribution >= 0.6 is 0 Å². The molecule has 2 atom stereocenters. The summed E-state index contributed by atoms with van der Waals surface area (Å²) < 4.78 is 31.2. The van der Waals surface area contributed by atoms with Crippen LogP contribution in [0.3, 0.4) is 0 Å². The molecule has 0 aromatic rings. The monoisotopic (exact) mass is 334 g/mol. The maximum absolute atomic E-state index is 13.0. The van der Waals surface area contributed by atoms with Crippen LogP contribution in [-0.4, -0.2) is 59.0 Å². The molecule has 2 rings (SSSR count). The zero-order valence-corrected chi connectivity index (χ0v) is 14.9. The molecule has 1 aliphatic carbocycles. The van der Waals surface area contributed by atoms with E-state index in [2.05, 4.69) is 0 Å². The van der Waals surface area contributed by atoms with E-state index in [1.54, 1.807) is 32.6 Å². The van der Waals surface area contributed by atoms with E-state index in [0.29, 0.717) is 6.54 Å². The first kappa shape index (κ1) is 19.6. The van der Waals surface area contributed by atoms with E-state index in [-0.39, 0.29) is 25.6 Å². The zero-order valence-electron chi connectivity index (χ0n) is 14.9. The molecule has 134 valence electrons. The van der Waals surface area contributed by atoms with Gasteiger partial charge < -0.3 is 14.5 Å². The van der Waals surface area contributed by atoms with Crippen molar-refractivity contribution in [1.82, 2.24) is 9.80 Å². The maximum atomic E-state index is 13.0. The molecule has 0 aromatic heterocycles. The van der Waals surface area contributed by atoms with Gasteiger partial charge in [0.2, 0.25) is 5.91 Å². The Balaban J connectivity index is 0.00000127. The summed E-state index contributed by atoms with van der Waals surface area (Å²) in [5.74, 6) is -4.52. The van der Waals surface area contributed by atoms with E-state index in [0.717, 1.165) is 0 Å². The minimum Gasteiger partial charge on any atom is -0.444 e. The lowest BCUT2D eigenvalue weighted by Gasteiger charge is -2.40. The molecule has 2 amide bonds. The van der Waals surface area contributed by atoms with Gasteiger partial charge in [-0.1, -0.05) is 13.8 Å². The van der Waals surface area contributed by atoms with Crippen molar-refractivity contribution in [3.63, 3.8) is 0 Å². The van der Waals surface area contributed by atoms with Crippen molar-refractivity contribution in [3.05, 3.63) is 0 Å². The second-order valence-electron chi connectivity index (χ2n) is 6.82. The summed E-state index contributed by atoms with van der Waals surface area (Å²) in [5, 5.41) is 0. The minimum atomic E-state index is -2.84. The molecule has 5 nitrogen and oxygen atoms in total. The zero-order chi connectivity index (χ0) is 18.0. The second kappa shape index (κ2) is 7.01. The van der Waals surface area contributed by atoms with Crippen LogP contribution in [0.5, 0.6) is 0 Å². The van der Waals surface area contributed by atoms with E-state index in [1.165, 1.54) is 4.90 Å². The standard InChI is InChI=1S/C14H22F2N2O3.C2H6/c1-9-8-17(11(19)10-7-14(10,15)16)5-6-18(9)12(20)21-13(2,3)4;1-2/h9-10H,5-8H2,1-4H3;1-2H3. The lowest BCUT2D eigenvalue weighted by molar-refractivity contribution is -0.137. The topological polar surface area (TPSA) is 49.9 Å². The number of rotatable bonds is 1. The molecule has 2 aliphatic rings. The number of halogens is 2. The lowest BCUT2D eigenvalue weighted by atomic mass is 10.1. The summed E-state index contributed by atoms with van der Waals surface area (Å²) in [6.07, 6.45) is -0.786. The highest BCUT2D eigenvalue weighted by atomic mass is 19.3. The number of hydrogen-bond acceptors (Lipinski definition) is 3. The third-order valence-corrected chi connectivity index (χ3v) is 3.69. The van der Waals surface area contributed by atoms with E-state index in [1.807, 2.05) is 13.8 Å². The quantitative estimate of drug-likeness (QED) is 0.740. The third-order valence-electron chi connectivity index (χ3n) is 3.69. The minimum absolute atomic E-state index is 0.245. The van der Waals surface area contributed by atoms with Crippen LogP contribution in [0.2, 0.25) is 0 Å². The molecule has 1 aliphatic heterocycles. The molecule has 0 bridgehead atoms. The Morgan fingerprint density at radius 1 is 1.17 bits per heavy atom. The van der Waals surface area contributed by atoms with Crippen LogP contribution < -0.4 is 0 Å². The van der Waals surface area contributed by atoms with Crippen LogP contribution in [0.25, 0.3) is 0 Å². The number of alkyl halides is 2. The van der Waals surface area contributed by atoms with Crippen LogP contribution in [0.15, 0.2) is 0 Å². The van der Waals surface area contributed by atoms with Crippen LogP contribution in [-0.2, 0) is 9.53 Å². The molecule has 7 heteroatoms. The van der Waals surface area contributed by atoms with Crippen LogP contribution in [0, 0.1) is 5.92 Å². The third kappa shape index (κ3) is 5.04. The smallest absolute Gasteiger partial charge is 0.410 e. The fourth-order valence-corrected chi connectivity index (χ4v) is 2.45. The molecule has 2 fully saturated rings. The number of carbonyl (C=O) groups is 2. The predicted molar refractivity (Wildman–Crippen MR) is 83.4 cm³/mol. The Bertz CT molecular complexity index is 449. The van der Waals surface area contributed by atoms with Gasteiger partial charge in [0.25, 0.3) is 5.92 Å². The molecule has 23 heavy (non-hydrogen) atoms. The molecule has 2 unspecified atom stereocenters. The van der Waals surface area contributed by atoms with Crippen molar-refractivity contribution in [2.75, 3.05) is 19.6 Å². The number of carbonyl (C=O) groups excluding carboxylic acids is 2. The SMILES string of the molecule is CC.CC1CN(C(=O)C2CC2(F)F)CCN1C(=O)OC(C)(C)C. The molecule has 1 saturated heterocycles. The average Bonchev–Trinajstić information content (AvgIpc) is 3.07. The van der Waals surface area contributed by atoms with Gasteiger partial charge >= 0.3 is 6.09 Å². The Morgan fingerprint density at radius 3 is 2.09 bits per heavy atom. The second-order valence-corrected chi connectivity index (χ2v) is 6.82. The van der Waals surface area contributed by atoms with Crippen molar-refractivity contribution in [2.24, 2.45) is 5.92 Å². The van der Waals surface area contributed by atoms with Gasteiger partial charge in [0.1, 0.15) is 11.5 Å². The van der Waals surface area contributed by atoms with Gasteiger partial charge in [0.05, 0.1) is 0 Å². The molecule has 1 saturated carbocycles. The van der Waals surface area contributed by atoms with Crippen LogP contribution in [0.1, 0.15) is 48.0 Å². The van der Waals surface area contributed by atoms with Gasteiger partial charge in [0, 0.05) is 32.1 Å². The first-order valence-electron chi connectivity index (χ1n) is 8.17. The van der Waals surface area contributed by atoms with E-state index < -0.39 is 29.4 Å². The van der Waals surface area contributed by atoms with Crippen molar-refractivity contribution < 1.29 is 23.1 Å². The van der Waals surface area contributed by atoms with Crippen molar-refractivity contribution in [1.29, 1.82) is 0 Å². The van der Waals surface area contributed by atoms with E-state index >= 15 is 0 Å². The highest BCUT2D eigenvalue weighted by molar-refractivity contribution is 5.83. The number of ether oxygens (including phenoxy) is 1. The maximum Gasteiger partial charge on any atom is 0.410 e. The number of amides is 2. The largest absolute Gasteiger partial charge is 0.444 e. The predicted octanol–water partition coefficient (Wildman–Crippen LogP) is 3.14. The molecule has 0 aromatic carbocycles. The first-order chi connectivity index (χ1) is 10.5. The average molecular weight is 334 g/mol.